The number of aromatic nitrogens is 2. The van der Waals surface area contributed by atoms with Gasteiger partial charge in [-0.1, -0.05) is 30.3 Å². The molecule has 0 radical (unpaired) electrons. The Balaban J connectivity index is 1.30. The van der Waals surface area contributed by atoms with E-state index in [-0.39, 0.29) is 23.7 Å². The van der Waals surface area contributed by atoms with E-state index in [1.165, 1.54) is 6.92 Å². The number of phenols is 1. The number of benzene rings is 3. The third kappa shape index (κ3) is 4.80. The molecule has 9 nitrogen and oxygen atoms in total. The first kappa shape index (κ1) is 26.9. The number of hydrogen-bond acceptors (Lipinski definition) is 8. The van der Waals surface area contributed by atoms with Crippen molar-refractivity contribution >= 4 is 33.4 Å². The summed E-state index contributed by atoms with van der Waals surface area (Å²) in [5.74, 6) is 0.837. The smallest absolute Gasteiger partial charge is 0.319 e. The van der Waals surface area contributed by atoms with Gasteiger partial charge in [-0.3, -0.25) is 4.79 Å². The summed E-state index contributed by atoms with van der Waals surface area (Å²) in [5, 5.41) is 23.4. The molecule has 4 atom stereocenters. The van der Waals surface area contributed by atoms with Gasteiger partial charge < -0.3 is 29.6 Å². The summed E-state index contributed by atoms with van der Waals surface area (Å²) in [5.41, 5.74) is 2.67. The van der Waals surface area contributed by atoms with Crippen LogP contribution in [0.1, 0.15) is 32.6 Å². The van der Waals surface area contributed by atoms with E-state index in [1.807, 2.05) is 18.2 Å². The Labute approximate surface area is 245 Å². The van der Waals surface area contributed by atoms with Crippen LogP contribution in [-0.4, -0.2) is 93.4 Å². The molecule has 1 amide bonds. The van der Waals surface area contributed by atoms with E-state index in [0.29, 0.717) is 31.7 Å². The molecule has 3 aliphatic rings. The lowest BCUT2D eigenvalue weighted by molar-refractivity contribution is -0.140. The van der Waals surface area contributed by atoms with Gasteiger partial charge in [-0.05, 0) is 92.4 Å². The number of aliphatic hydroxyl groups excluding tert-OH is 1. The van der Waals surface area contributed by atoms with Gasteiger partial charge in [0.05, 0.1) is 5.52 Å². The Bertz CT molecular complexity index is 1640. The molecular formula is C33H37N5O4. The minimum absolute atomic E-state index is 0.105. The normalized spacial score (nSPS) is 23.2. The molecule has 2 N–H and O–H groups in total. The number of piperazine rings is 1. The number of likely N-dealkylation sites (N-methyl/N-ethyl adjacent to an activating group) is 1. The molecule has 2 bridgehead atoms. The maximum atomic E-state index is 12.6. The van der Waals surface area contributed by atoms with Crippen LogP contribution in [-0.2, 0) is 4.79 Å². The van der Waals surface area contributed by atoms with Gasteiger partial charge in [0, 0.05) is 36.6 Å². The van der Waals surface area contributed by atoms with Gasteiger partial charge in [0.15, 0.2) is 0 Å². The number of aromatic hydroxyl groups is 1. The van der Waals surface area contributed by atoms with Crippen LogP contribution in [0.5, 0.6) is 11.8 Å². The molecule has 3 fully saturated rings. The van der Waals surface area contributed by atoms with E-state index in [1.54, 1.807) is 17.0 Å². The number of aliphatic hydroxyl groups is 1. The number of anilines is 1. The first-order chi connectivity index (χ1) is 20.4. The van der Waals surface area contributed by atoms with Gasteiger partial charge in [-0.2, -0.15) is 9.97 Å². The van der Waals surface area contributed by atoms with E-state index in [9.17, 15) is 15.0 Å². The minimum atomic E-state index is -1.00. The number of hydrogen-bond donors (Lipinski definition) is 2. The zero-order chi connectivity index (χ0) is 29.0. The Hall–Kier alpha value is -3.95. The molecule has 9 heteroatoms. The fraction of sp³-hybridized carbons (Fsp3) is 0.424. The SMILES string of the molecule is C[C@@H](O)C(=O)N1C[C@H]2CC[C@@H](C1)N2c1nc(OC[C@@H]2CCCN2C)nc2cc(-c3cc(O)cc4ccccc34)ccc12. The molecule has 3 saturated heterocycles. The molecular weight excluding hydrogens is 530 g/mol. The van der Waals surface area contributed by atoms with Gasteiger partial charge in [0.25, 0.3) is 5.91 Å². The highest BCUT2D eigenvalue weighted by molar-refractivity contribution is 6.01. The second-order valence-corrected chi connectivity index (χ2v) is 12.1. The van der Waals surface area contributed by atoms with E-state index >= 15 is 0 Å². The number of phenolic OH excluding ortho intramolecular Hbond substituents is 1. The Kier molecular flexibility index (Phi) is 6.86. The van der Waals surface area contributed by atoms with Crippen molar-refractivity contribution < 1.29 is 19.7 Å². The van der Waals surface area contributed by atoms with E-state index in [4.69, 9.17) is 14.7 Å². The summed E-state index contributed by atoms with van der Waals surface area (Å²) in [6.07, 6.45) is 3.16. The third-order valence-electron chi connectivity index (χ3n) is 9.29. The second kappa shape index (κ2) is 10.7. The van der Waals surface area contributed by atoms with Gasteiger partial charge in [0.1, 0.15) is 24.3 Å². The van der Waals surface area contributed by atoms with Crippen LogP contribution in [0.2, 0.25) is 0 Å². The molecule has 3 aromatic carbocycles. The summed E-state index contributed by atoms with van der Waals surface area (Å²) in [6.45, 7) is 4.25. The monoisotopic (exact) mass is 567 g/mol. The van der Waals surface area contributed by atoms with Crippen molar-refractivity contribution in [1.82, 2.24) is 19.8 Å². The van der Waals surface area contributed by atoms with Crippen molar-refractivity contribution in [2.24, 2.45) is 0 Å². The predicted octanol–water partition coefficient (Wildman–Crippen LogP) is 4.19. The van der Waals surface area contributed by atoms with Gasteiger partial charge in [-0.25, -0.2) is 0 Å². The molecule has 0 unspecified atom stereocenters. The number of rotatable bonds is 6. The highest BCUT2D eigenvalue weighted by Gasteiger charge is 2.43. The van der Waals surface area contributed by atoms with Crippen LogP contribution in [0, 0.1) is 0 Å². The van der Waals surface area contributed by atoms with E-state index in [0.717, 1.165) is 70.8 Å². The predicted molar refractivity (Wildman–Crippen MR) is 163 cm³/mol. The lowest BCUT2D eigenvalue weighted by Crippen LogP contribution is -2.57. The summed E-state index contributed by atoms with van der Waals surface area (Å²) in [4.78, 5) is 29.0. The van der Waals surface area contributed by atoms with Crippen LogP contribution >= 0.6 is 0 Å². The topological polar surface area (TPSA) is 102 Å². The first-order valence-electron chi connectivity index (χ1n) is 15.0. The average Bonchev–Trinajstić information content (AvgIpc) is 3.52. The molecule has 4 aromatic rings. The average molecular weight is 568 g/mol. The van der Waals surface area contributed by atoms with Gasteiger partial charge in [-0.15, -0.1) is 0 Å². The minimum Gasteiger partial charge on any atom is -0.508 e. The number of carbonyl (C=O) groups is 1. The zero-order valence-electron chi connectivity index (χ0n) is 24.1. The van der Waals surface area contributed by atoms with Crippen molar-refractivity contribution in [3.8, 4) is 22.9 Å². The highest BCUT2D eigenvalue weighted by atomic mass is 16.5. The number of nitrogens with zero attached hydrogens (tertiary/aromatic N) is 5. The zero-order valence-corrected chi connectivity index (χ0v) is 24.1. The molecule has 3 aliphatic heterocycles. The van der Waals surface area contributed by atoms with Crippen molar-refractivity contribution in [3.63, 3.8) is 0 Å². The molecule has 0 aliphatic carbocycles. The lowest BCUT2D eigenvalue weighted by atomic mass is 9.97. The van der Waals surface area contributed by atoms with Crippen molar-refractivity contribution in [2.75, 3.05) is 38.2 Å². The molecule has 7 rings (SSSR count). The van der Waals surface area contributed by atoms with Crippen molar-refractivity contribution in [1.29, 1.82) is 0 Å². The van der Waals surface area contributed by atoms with Crippen LogP contribution in [0.4, 0.5) is 5.82 Å². The molecule has 4 heterocycles. The molecule has 0 saturated carbocycles. The third-order valence-corrected chi connectivity index (χ3v) is 9.29. The van der Waals surface area contributed by atoms with Crippen LogP contribution < -0.4 is 9.64 Å². The molecule has 218 valence electrons. The quantitative estimate of drug-likeness (QED) is 0.358. The Morgan fingerprint density at radius 1 is 1.02 bits per heavy atom. The number of fused-ring (bicyclic) bond motifs is 4. The summed E-state index contributed by atoms with van der Waals surface area (Å²) < 4.78 is 6.29. The standard InChI is InChI=1S/C33H37N5O4/c1-20(39)32(41)37-17-23-10-11-24(18-37)38(23)31-28-12-9-22(29-16-26(40)14-21-6-3-4-8-27(21)29)15-30(28)34-33(35-31)42-19-25-7-5-13-36(25)2/h3-4,6,8-9,12,14-16,20,23-25,39-40H,5,7,10-11,13,17-19H2,1-2H3/t20-,23-,24+,25+/m1/s1. The number of carbonyl (C=O) groups excluding carboxylic acids is 1. The molecule has 0 spiro atoms. The summed E-state index contributed by atoms with van der Waals surface area (Å²) in [7, 11) is 2.13. The van der Waals surface area contributed by atoms with Crippen LogP contribution in [0.15, 0.2) is 54.6 Å². The maximum Gasteiger partial charge on any atom is 0.319 e. The Morgan fingerprint density at radius 2 is 1.81 bits per heavy atom. The number of ether oxygens (including phenoxy) is 1. The Morgan fingerprint density at radius 3 is 2.55 bits per heavy atom. The largest absolute Gasteiger partial charge is 0.508 e. The highest BCUT2D eigenvalue weighted by Crippen LogP contribution is 2.40. The van der Waals surface area contributed by atoms with Gasteiger partial charge >= 0.3 is 6.01 Å². The molecule has 1 aromatic heterocycles. The van der Waals surface area contributed by atoms with E-state index in [2.05, 4.69) is 41.1 Å². The van der Waals surface area contributed by atoms with Crippen molar-refractivity contribution in [2.45, 2.75) is 56.8 Å². The molecule has 42 heavy (non-hydrogen) atoms. The summed E-state index contributed by atoms with van der Waals surface area (Å²) in [6, 6.07) is 18.7. The van der Waals surface area contributed by atoms with Crippen LogP contribution in [0.25, 0.3) is 32.8 Å². The lowest BCUT2D eigenvalue weighted by Gasteiger charge is -2.42. The van der Waals surface area contributed by atoms with Gasteiger partial charge in [0.2, 0.25) is 0 Å². The van der Waals surface area contributed by atoms with E-state index < -0.39 is 6.10 Å². The maximum absolute atomic E-state index is 12.6. The number of likely N-dealkylation sites (tertiary alicyclic amines) is 2. The first-order valence-corrected chi connectivity index (χ1v) is 15.0. The number of amides is 1. The van der Waals surface area contributed by atoms with Crippen LogP contribution in [0.3, 0.4) is 0 Å². The fourth-order valence-corrected chi connectivity index (χ4v) is 7.11. The summed E-state index contributed by atoms with van der Waals surface area (Å²) >= 11 is 0. The second-order valence-electron chi connectivity index (χ2n) is 12.1. The van der Waals surface area contributed by atoms with Crippen molar-refractivity contribution in [3.05, 3.63) is 54.6 Å². The fourth-order valence-electron chi connectivity index (χ4n) is 7.11.